The van der Waals surface area contributed by atoms with Gasteiger partial charge in [-0.25, -0.2) is 0 Å². The van der Waals surface area contributed by atoms with Crippen molar-refractivity contribution in [1.29, 1.82) is 0 Å². The molecule has 2 aromatic rings. The lowest BCUT2D eigenvalue weighted by Crippen LogP contribution is -2.53. The third kappa shape index (κ3) is 4.65. The van der Waals surface area contributed by atoms with Crippen LogP contribution in [0.3, 0.4) is 0 Å². The minimum Gasteiger partial charge on any atom is -0.476 e. The summed E-state index contributed by atoms with van der Waals surface area (Å²) in [5, 5.41) is 2.51. The summed E-state index contributed by atoms with van der Waals surface area (Å²) in [6.07, 6.45) is -4.93. The maximum Gasteiger partial charge on any atom is 0.418 e. The lowest BCUT2D eigenvalue weighted by atomic mass is 10.0. The number of rotatable bonds is 4. The number of nitrogens with zero attached hydrogens (tertiary/aromatic N) is 1. The zero-order chi connectivity index (χ0) is 22.3. The Morgan fingerprint density at radius 2 is 1.77 bits per heavy atom. The van der Waals surface area contributed by atoms with Crippen LogP contribution in [0.2, 0.25) is 10.0 Å². The fourth-order valence-electron chi connectivity index (χ4n) is 3.05. The van der Waals surface area contributed by atoms with Gasteiger partial charge in [-0.2, -0.15) is 13.2 Å². The van der Waals surface area contributed by atoms with Gasteiger partial charge >= 0.3 is 6.18 Å². The van der Waals surface area contributed by atoms with Crippen LogP contribution in [0.15, 0.2) is 36.4 Å². The van der Waals surface area contributed by atoms with E-state index < -0.39 is 34.8 Å². The first kappa shape index (κ1) is 22.2. The number of fused-ring (bicyclic) bond motifs is 1. The van der Waals surface area contributed by atoms with Gasteiger partial charge in [-0.15, -0.1) is 0 Å². The van der Waals surface area contributed by atoms with Gasteiger partial charge in [-0.05, 0) is 50.2 Å². The Labute approximate surface area is 180 Å². The van der Waals surface area contributed by atoms with E-state index in [9.17, 15) is 22.8 Å². The molecule has 2 amide bonds. The van der Waals surface area contributed by atoms with Crippen LogP contribution in [0, 0.1) is 0 Å². The molecule has 0 aromatic heterocycles. The first-order chi connectivity index (χ1) is 13.9. The van der Waals surface area contributed by atoms with Crippen molar-refractivity contribution in [2.24, 2.45) is 0 Å². The molecule has 1 heterocycles. The number of amides is 2. The van der Waals surface area contributed by atoms with E-state index in [0.717, 1.165) is 12.1 Å². The molecule has 1 aliphatic heterocycles. The number of nitrogens with one attached hydrogen (secondary N) is 1. The summed E-state index contributed by atoms with van der Waals surface area (Å²) in [6.45, 7) is 3.10. The Hall–Kier alpha value is -2.45. The quantitative estimate of drug-likeness (QED) is 0.650. The van der Waals surface area contributed by atoms with Crippen molar-refractivity contribution >= 4 is 46.4 Å². The van der Waals surface area contributed by atoms with E-state index in [-0.39, 0.29) is 18.0 Å². The standard InChI is InChI=1S/C20H17Cl2F3N2O3/c1-19(2)18(29)27(15-10-12(22)4-6-16(15)30-19)8-7-17(28)26-14-5-3-11(21)9-13(14)20(23,24)25/h3-6,9-10H,7-8H2,1-2H3,(H,26,28). The Kier molecular flexibility index (Phi) is 5.93. The Balaban J connectivity index is 1.78. The van der Waals surface area contributed by atoms with Gasteiger partial charge in [-0.1, -0.05) is 23.2 Å². The van der Waals surface area contributed by atoms with E-state index in [1.165, 1.54) is 17.0 Å². The highest BCUT2D eigenvalue weighted by atomic mass is 35.5. The number of ether oxygens (including phenoxy) is 1. The zero-order valence-electron chi connectivity index (χ0n) is 15.9. The molecule has 5 nitrogen and oxygen atoms in total. The minimum atomic E-state index is -4.69. The van der Waals surface area contributed by atoms with Crippen LogP contribution in [0.25, 0.3) is 0 Å². The van der Waals surface area contributed by atoms with Gasteiger partial charge in [0.05, 0.1) is 16.9 Å². The van der Waals surface area contributed by atoms with Gasteiger partial charge < -0.3 is 15.0 Å². The SMILES string of the molecule is CC1(C)Oc2ccc(Cl)cc2N(CCC(=O)Nc2ccc(Cl)cc2C(F)(F)F)C1=O. The lowest BCUT2D eigenvalue weighted by Gasteiger charge is -2.38. The first-order valence-corrected chi connectivity index (χ1v) is 9.61. The van der Waals surface area contributed by atoms with E-state index in [4.69, 9.17) is 27.9 Å². The van der Waals surface area contributed by atoms with E-state index in [2.05, 4.69) is 5.32 Å². The van der Waals surface area contributed by atoms with Crippen LogP contribution >= 0.6 is 23.2 Å². The molecule has 0 saturated carbocycles. The number of benzene rings is 2. The van der Waals surface area contributed by atoms with Gasteiger partial charge in [0.25, 0.3) is 5.91 Å². The molecule has 0 fully saturated rings. The van der Waals surface area contributed by atoms with Crippen LogP contribution < -0.4 is 15.0 Å². The third-order valence-corrected chi connectivity index (χ3v) is 4.93. The maximum absolute atomic E-state index is 13.2. The summed E-state index contributed by atoms with van der Waals surface area (Å²) in [5.74, 6) is -0.669. The van der Waals surface area contributed by atoms with Gasteiger partial charge in [0.2, 0.25) is 5.91 Å². The summed E-state index contributed by atoms with van der Waals surface area (Å²) in [4.78, 5) is 26.5. The second kappa shape index (κ2) is 8.00. The summed E-state index contributed by atoms with van der Waals surface area (Å²) in [7, 11) is 0. The second-order valence-corrected chi connectivity index (χ2v) is 8.04. The number of hydrogen-bond acceptors (Lipinski definition) is 3. The van der Waals surface area contributed by atoms with E-state index in [1.807, 2.05) is 0 Å². The van der Waals surface area contributed by atoms with Crippen LogP contribution in [-0.2, 0) is 15.8 Å². The minimum absolute atomic E-state index is 0.0697. The predicted octanol–water partition coefficient (Wildman–Crippen LogP) is 5.55. The van der Waals surface area contributed by atoms with Crippen molar-refractivity contribution in [1.82, 2.24) is 0 Å². The molecule has 0 aliphatic carbocycles. The average Bonchev–Trinajstić information content (AvgIpc) is 2.63. The Morgan fingerprint density at radius 3 is 2.43 bits per heavy atom. The van der Waals surface area contributed by atoms with Crippen molar-refractivity contribution in [3.63, 3.8) is 0 Å². The van der Waals surface area contributed by atoms with Crippen molar-refractivity contribution in [2.75, 3.05) is 16.8 Å². The summed E-state index contributed by atoms with van der Waals surface area (Å²) >= 11 is 11.7. The molecule has 0 saturated heterocycles. The molecule has 3 rings (SSSR count). The fraction of sp³-hybridized carbons (Fsp3) is 0.300. The molecule has 160 valence electrons. The lowest BCUT2D eigenvalue weighted by molar-refractivity contribution is -0.137. The number of anilines is 2. The topological polar surface area (TPSA) is 58.6 Å². The van der Waals surface area contributed by atoms with Crippen LogP contribution in [0.4, 0.5) is 24.5 Å². The Morgan fingerprint density at radius 1 is 1.13 bits per heavy atom. The maximum atomic E-state index is 13.2. The van der Waals surface area contributed by atoms with Crippen molar-refractivity contribution in [2.45, 2.75) is 32.0 Å². The number of carbonyl (C=O) groups is 2. The van der Waals surface area contributed by atoms with Gasteiger partial charge in [0.15, 0.2) is 5.60 Å². The zero-order valence-corrected chi connectivity index (χ0v) is 17.5. The summed E-state index contributed by atoms with van der Waals surface area (Å²) in [6, 6.07) is 7.82. The normalized spacial score (nSPS) is 15.4. The molecule has 0 bridgehead atoms. The predicted molar refractivity (Wildman–Crippen MR) is 108 cm³/mol. The number of carbonyl (C=O) groups excluding carboxylic acids is 2. The second-order valence-electron chi connectivity index (χ2n) is 7.17. The highest BCUT2D eigenvalue weighted by molar-refractivity contribution is 6.31. The molecule has 2 aromatic carbocycles. The first-order valence-electron chi connectivity index (χ1n) is 8.85. The summed E-state index contributed by atoms with van der Waals surface area (Å²) in [5.41, 5.74) is -2.24. The largest absolute Gasteiger partial charge is 0.476 e. The molecule has 1 aliphatic rings. The molecular formula is C20H17Cl2F3N2O3. The monoisotopic (exact) mass is 460 g/mol. The molecular weight excluding hydrogens is 444 g/mol. The third-order valence-electron chi connectivity index (χ3n) is 4.46. The molecule has 0 spiro atoms. The van der Waals surface area contributed by atoms with Gasteiger partial charge in [0.1, 0.15) is 5.75 Å². The van der Waals surface area contributed by atoms with E-state index in [1.54, 1.807) is 26.0 Å². The van der Waals surface area contributed by atoms with Crippen molar-refractivity contribution in [3.8, 4) is 5.75 Å². The number of halogens is 5. The fourth-order valence-corrected chi connectivity index (χ4v) is 3.39. The van der Waals surface area contributed by atoms with Crippen LogP contribution in [-0.4, -0.2) is 24.0 Å². The van der Waals surface area contributed by atoms with E-state index >= 15 is 0 Å². The molecule has 1 N–H and O–H groups in total. The van der Waals surface area contributed by atoms with Crippen molar-refractivity contribution in [3.05, 3.63) is 52.0 Å². The molecule has 0 radical (unpaired) electrons. The average molecular weight is 461 g/mol. The number of hydrogen-bond donors (Lipinski definition) is 1. The van der Waals surface area contributed by atoms with Crippen molar-refractivity contribution < 1.29 is 27.5 Å². The van der Waals surface area contributed by atoms with Gasteiger partial charge in [-0.3, -0.25) is 9.59 Å². The Bertz CT molecular complexity index is 1010. The highest BCUT2D eigenvalue weighted by Gasteiger charge is 2.41. The van der Waals surface area contributed by atoms with Crippen LogP contribution in [0.5, 0.6) is 5.75 Å². The molecule has 0 atom stereocenters. The molecule has 30 heavy (non-hydrogen) atoms. The molecule has 10 heteroatoms. The van der Waals surface area contributed by atoms with Gasteiger partial charge in [0, 0.05) is 23.0 Å². The van der Waals surface area contributed by atoms with E-state index in [0.29, 0.717) is 16.5 Å². The smallest absolute Gasteiger partial charge is 0.418 e. The van der Waals surface area contributed by atoms with Crippen LogP contribution in [0.1, 0.15) is 25.8 Å². The molecule has 0 unspecified atom stereocenters. The number of alkyl halides is 3. The summed E-state index contributed by atoms with van der Waals surface area (Å²) < 4.78 is 45.3. The highest BCUT2D eigenvalue weighted by Crippen LogP contribution is 2.40.